The lowest BCUT2D eigenvalue weighted by molar-refractivity contribution is 0.130. The molecule has 2 fully saturated rings. The minimum absolute atomic E-state index is 0.0359. The number of aliphatic hydroxyl groups excluding tert-OH is 1. The van der Waals surface area contributed by atoms with Gasteiger partial charge in [-0.3, -0.25) is 0 Å². The van der Waals surface area contributed by atoms with Gasteiger partial charge in [-0.15, -0.1) is 0 Å². The van der Waals surface area contributed by atoms with Crippen LogP contribution >= 0.6 is 0 Å². The first-order chi connectivity index (χ1) is 15.2. The second-order valence-corrected chi connectivity index (χ2v) is 8.31. The second kappa shape index (κ2) is 12.7. The van der Waals surface area contributed by atoms with E-state index in [2.05, 4.69) is 32.5 Å². The maximum atomic E-state index is 8.91. The Morgan fingerprint density at radius 2 is 1.94 bits per heavy atom. The van der Waals surface area contributed by atoms with Crippen LogP contribution in [0.2, 0.25) is 0 Å². The Morgan fingerprint density at radius 1 is 1.16 bits per heavy atom. The molecule has 0 bridgehead atoms. The average Bonchev–Trinajstić information content (AvgIpc) is 2.80. The Labute approximate surface area is 185 Å². The number of piperidine rings is 1. The molecule has 8 nitrogen and oxygen atoms in total. The van der Waals surface area contributed by atoms with Crippen LogP contribution in [0, 0.1) is 0 Å². The van der Waals surface area contributed by atoms with Gasteiger partial charge in [-0.1, -0.05) is 26.2 Å². The highest BCUT2D eigenvalue weighted by molar-refractivity contribution is 5.83. The summed E-state index contributed by atoms with van der Waals surface area (Å²) in [6, 6.07) is 2.08. The van der Waals surface area contributed by atoms with Gasteiger partial charge in [-0.25, -0.2) is 15.0 Å². The zero-order valence-corrected chi connectivity index (χ0v) is 18.8. The lowest BCUT2D eigenvalue weighted by Crippen LogP contribution is -2.34. The van der Waals surface area contributed by atoms with E-state index in [9.17, 15) is 0 Å². The van der Waals surface area contributed by atoms with Gasteiger partial charge in [-0.2, -0.15) is 0 Å². The zero-order valence-electron chi connectivity index (χ0n) is 18.8. The number of hydrogen-bond donors (Lipinski definition) is 3. The fourth-order valence-electron chi connectivity index (χ4n) is 3.89. The molecule has 2 aromatic heterocycles. The van der Waals surface area contributed by atoms with E-state index in [0.717, 1.165) is 56.1 Å². The third-order valence-corrected chi connectivity index (χ3v) is 5.81. The highest BCUT2D eigenvalue weighted by Crippen LogP contribution is 2.24. The fourth-order valence-corrected chi connectivity index (χ4v) is 3.89. The van der Waals surface area contributed by atoms with E-state index in [1.807, 2.05) is 6.07 Å². The molecule has 2 aromatic rings. The first-order valence-electron chi connectivity index (χ1n) is 11.6. The molecule has 0 spiro atoms. The van der Waals surface area contributed by atoms with Gasteiger partial charge in [-0.05, 0) is 51.3 Å². The summed E-state index contributed by atoms with van der Waals surface area (Å²) < 4.78 is 11.3. The van der Waals surface area contributed by atoms with Crippen molar-refractivity contribution < 1.29 is 14.6 Å². The number of nitrogens with one attached hydrogen (secondary N) is 2. The molecule has 0 radical (unpaired) electrons. The molecule has 31 heavy (non-hydrogen) atoms. The van der Waals surface area contributed by atoms with Crippen LogP contribution in [0.4, 0.5) is 5.95 Å². The molecule has 1 atom stereocenters. The Hall–Kier alpha value is -2.03. The molecule has 2 aliphatic rings. The van der Waals surface area contributed by atoms with Gasteiger partial charge in [0.2, 0.25) is 11.8 Å². The number of aromatic nitrogens is 3. The monoisotopic (exact) mass is 431 g/mol. The summed E-state index contributed by atoms with van der Waals surface area (Å²) in [6.07, 6.45) is 12.6. The van der Waals surface area contributed by atoms with Gasteiger partial charge in [0.25, 0.3) is 0 Å². The van der Waals surface area contributed by atoms with Crippen molar-refractivity contribution in [3.05, 3.63) is 18.5 Å². The second-order valence-electron chi connectivity index (χ2n) is 8.31. The fraction of sp³-hybridized carbons (Fsp3) is 0.696. The van der Waals surface area contributed by atoms with E-state index in [1.54, 1.807) is 19.5 Å². The summed E-state index contributed by atoms with van der Waals surface area (Å²) in [5.41, 5.74) is 0.832. The van der Waals surface area contributed by atoms with Crippen LogP contribution in [0.1, 0.15) is 58.3 Å². The number of fused-ring (bicyclic) bond motifs is 1. The number of anilines is 1. The smallest absolute Gasteiger partial charge is 0.224 e. The van der Waals surface area contributed by atoms with Crippen molar-refractivity contribution in [2.75, 3.05) is 32.1 Å². The molecule has 1 aliphatic carbocycles. The molecular formula is C23H37N5O3. The molecule has 8 heteroatoms. The standard InChI is InChI=1S/C17H25N5O2.C6H12O/c1-3-12(11-23-2)21-17-20-10-14-15(22-17)6-9-19-16(14)24-13-4-7-18-8-5-13;7-6-4-2-1-3-5-6/h6,9-10,12-13,18H,3-5,7-8,11H2,1-2H3,(H,20,21,22);6-7H,1-5H2. The van der Waals surface area contributed by atoms with Crippen molar-refractivity contribution >= 4 is 16.9 Å². The summed E-state index contributed by atoms with van der Waals surface area (Å²) in [6.45, 7) is 4.70. The summed E-state index contributed by atoms with van der Waals surface area (Å²) in [7, 11) is 1.70. The van der Waals surface area contributed by atoms with Gasteiger partial charge >= 0.3 is 0 Å². The molecule has 3 heterocycles. The van der Waals surface area contributed by atoms with Crippen LogP contribution in [0.15, 0.2) is 18.5 Å². The molecular weight excluding hydrogens is 394 g/mol. The molecule has 3 N–H and O–H groups in total. The minimum Gasteiger partial charge on any atom is -0.474 e. The Kier molecular flexibility index (Phi) is 9.71. The number of methoxy groups -OCH3 is 1. The molecule has 0 aromatic carbocycles. The molecule has 172 valence electrons. The average molecular weight is 432 g/mol. The number of ether oxygens (including phenoxy) is 2. The van der Waals surface area contributed by atoms with Crippen LogP contribution in [0.25, 0.3) is 10.9 Å². The van der Waals surface area contributed by atoms with Crippen LogP contribution < -0.4 is 15.4 Å². The number of pyridine rings is 1. The SMILES string of the molecule is CCC(COC)Nc1ncc2c(OC3CCNCC3)nccc2n1.OC1CCCCC1. The first-order valence-corrected chi connectivity index (χ1v) is 11.6. The maximum absolute atomic E-state index is 8.91. The van der Waals surface area contributed by atoms with Crippen molar-refractivity contribution in [2.45, 2.75) is 76.5 Å². The Morgan fingerprint density at radius 3 is 2.58 bits per heavy atom. The zero-order chi connectivity index (χ0) is 21.9. The van der Waals surface area contributed by atoms with Gasteiger partial charge in [0.05, 0.1) is 29.7 Å². The van der Waals surface area contributed by atoms with E-state index < -0.39 is 0 Å². The van der Waals surface area contributed by atoms with Crippen LogP contribution in [0.3, 0.4) is 0 Å². The number of rotatable bonds is 7. The van der Waals surface area contributed by atoms with Crippen LogP contribution in [-0.2, 0) is 4.74 Å². The molecule has 1 aliphatic heterocycles. The maximum Gasteiger partial charge on any atom is 0.224 e. The van der Waals surface area contributed by atoms with Crippen molar-refractivity contribution in [1.82, 2.24) is 20.3 Å². The predicted molar refractivity (Wildman–Crippen MR) is 123 cm³/mol. The summed E-state index contributed by atoms with van der Waals surface area (Å²) in [4.78, 5) is 13.4. The minimum atomic E-state index is 0.0359. The van der Waals surface area contributed by atoms with E-state index in [-0.39, 0.29) is 18.2 Å². The van der Waals surface area contributed by atoms with E-state index in [4.69, 9.17) is 14.6 Å². The van der Waals surface area contributed by atoms with Crippen molar-refractivity contribution in [3.8, 4) is 5.88 Å². The third-order valence-electron chi connectivity index (χ3n) is 5.81. The third kappa shape index (κ3) is 7.55. The van der Waals surface area contributed by atoms with Crippen molar-refractivity contribution in [2.24, 2.45) is 0 Å². The Balaban J connectivity index is 0.000000330. The number of hydrogen-bond acceptors (Lipinski definition) is 8. The van der Waals surface area contributed by atoms with E-state index in [0.29, 0.717) is 18.4 Å². The lowest BCUT2D eigenvalue weighted by Gasteiger charge is -2.23. The highest BCUT2D eigenvalue weighted by atomic mass is 16.5. The summed E-state index contributed by atoms with van der Waals surface area (Å²) in [5.74, 6) is 1.22. The number of aliphatic hydroxyl groups is 1. The molecule has 1 unspecified atom stereocenters. The highest BCUT2D eigenvalue weighted by Gasteiger charge is 2.17. The van der Waals surface area contributed by atoms with Crippen molar-refractivity contribution in [3.63, 3.8) is 0 Å². The lowest BCUT2D eigenvalue weighted by atomic mass is 9.98. The largest absolute Gasteiger partial charge is 0.474 e. The molecule has 1 saturated heterocycles. The van der Waals surface area contributed by atoms with E-state index >= 15 is 0 Å². The molecule has 1 saturated carbocycles. The summed E-state index contributed by atoms with van der Waals surface area (Å²) in [5, 5.41) is 16.4. The predicted octanol–water partition coefficient (Wildman–Crippen LogP) is 3.30. The van der Waals surface area contributed by atoms with Crippen LogP contribution in [0.5, 0.6) is 5.88 Å². The molecule has 4 rings (SSSR count). The first kappa shape index (κ1) is 23.6. The topological polar surface area (TPSA) is 101 Å². The van der Waals surface area contributed by atoms with Gasteiger partial charge in [0.15, 0.2) is 0 Å². The number of nitrogens with zero attached hydrogens (tertiary/aromatic N) is 3. The molecule has 0 amide bonds. The summed E-state index contributed by atoms with van der Waals surface area (Å²) >= 11 is 0. The van der Waals surface area contributed by atoms with Gasteiger partial charge < -0.3 is 25.2 Å². The van der Waals surface area contributed by atoms with Crippen molar-refractivity contribution in [1.29, 1.82) is 0 Å². The van der Waals surface area contributed by atoms with Gasteiger partial charge in [0.1, 0.15) is 6.10 Å². The van der Waals surface area contributed by atoms with Gasteiger partial charge in [0, 0.05) is 19.5 Å². The quantitative estimate of drug-likeness (QED) is 0.614. The Bertz CT molecular complexity index is 779. The normalized spacial score (nSPS) is 18.8. The van der Waals surface area contributed by atoms with E-state index in [1.165, 1.54) is 19.3 Å². The van der Waals surface area contributed by atoms with Crippen LogP contribution in [-0.4, -0.2) is 65.1 Å².